The molecule has 4 amide bonds. The van der Waals surface area contributed by atoms with Crippen LogP contribution in [-0.4, -0.2) is 31.2 Å². The van der Waals surface area contributed by atoms with Gasteiger partial charge < -0.3 is 21.1 Å². The van der Waals surface area contributed by atoms with Gasteiger partial charge in [-0.2, -0.15) is 0 Å². The third-order valence-electron chi connectivity index (χ3n) is 4.23. The highest BCUT2D eigenvalue weighted by atomic mass is 16.6. The first-order valence-corrected chi connectivity index (χ1v) is 8.45. The summed E-state index contributed by atoms with van der Waals surface area (Å²) in [6.45, 7) is 2.73. The predicted octanol–water partition coefficient (Wildman–Crippen LogP) is 2.62. The molecule has 140 valence electrons. The maximum atomic E-state index is 12.4. The number of anilines is 2. The van der Waals surface area contributed by atoms with E-state index in [1.54, 1.807) is 48.5 Å². The lowest BCUT2D eigenvalue weighted by Gasteiger charge is -2.16. The minimum absolute atomic E-state index is 0.225. The molecule has 0 bridgehead atoms. The summed E-state index contributed by atoms with van der Waals surface area (Å²) in [5.74, 6) is -0.225. The first-order chi connectivity index (χ1) is 12.9. The molecule has 1 unspecified atom stereocenters. The van der Waals surface area contributed by atoms with Crippen LogP contribution in [0.15, 0.2) is 48.5 Å². The summed E-state index contributed by atoms with van der Waals surface area (Å²) >= 11 is 0. The first kappa shape index (κ1) is 18.2. The van der Waals surface area contributed by atoms with Crippen molar-refractivity contribution >= 4 is 29.4 Å². The molecule has 1 aliphatic heterocycles. The van der Waals surface area contributed by atoms with Crippen LogP contribution >= 0.6 is 0 Å². The summed E-state index contributed by atoms with van der Waals surface area (Å²) in [5.41, 5.74) is 7.73. The SMILES string of the molecule is CC(NC(=O)c1ccc(N2CCOC2=O)cc1)c1ccc(NC(N)=O)cc1. The van der Waals surface area contributed by atoms with Crippen LogP contribution in [0.4, 0.5) is 21.0 Å². The lowest BCUT2D eigenvalue weighted by atomic mass is 10.1. The number of cyclic esters (lactones) is 1. The van der Waals surface area contributed by atoms with Crippen molar-refractivity contribution in [3.8, 4) is 0 Å². The van der Waals surface area contributed by atoms with Gasteiger partial charge in [-0.15, -0.1) is 0 Å². The van der Waals surface area contributed by atoms with Gasteiger partial charge in [-0.25, -0.2) is 9.59 Å². The Kier molecular flexibility index (Phi) is 5.25. The van der Waals surface area contributed by atoms with E-state index in [1.165, 1.54) is 4.90 Å². The number of nitrogens with two attached hydrogens (primary N) is 1. The maximum absolute atomic E-state index is 12.4. The van der Waals surface area contributed by atoms with Gasteiger partial charge in [-0.1, -0.05) is 12.1 Å². The van der Waals surface area contributed by atoms with Crippen LogP contribution in [0.5, 0.6) is 0 Å². The quantitative estimate of drug-likeness (QED) is 0.753. The molecule has 0 spiro atoms. The molecule has 1 aliphatic rings. The fourth-order valence-corrected chi connectivity index (χ4v) is 2.78. The van der Waals surface area contributed by atoms with Crippen LogP contribution in [0.1, 0.15) is 28.9 Å². The fourth-order valence-electron chi connectivity index (χ4n) is 2.78. The van der Waals surface area contributed by atoms with Crippen molar-refractivity contribution in [2.24, 2.45) is 5.73 Å². The average Bonchev–Trinajstić information content (AvgIpc) is 3.08. The largest absolute Gasteiger partial charge is 0.447 e. The minimum Gasteiger partial charge on any atom is -0.447 e. The van der Waals surface area contributed by atoms with Crippen molar-refractivity contribution in [1.82, 2.24) is 5.32 Å². The molecule has 8 nitrogen and oxygen atoms in total. The highest BCUT2D eigenvalue weighted by Gasteiger charge is 2.23. The lowest BCUT2D eigenvalue weighted by molar-refractivity contribution is 0.0940. The number of nitrogens with one attached hydrogen (secondary N) is 2. The predicted molar refractivity (Wildman–Crippen MR) is 101 cm³/mol. The lowest BCUT2D eigenvalue weighted by Crippen LogP contribution is -2.27. The number of carbonyl (C=O) groups is 3. The Hall–Kier alpha value is -3.55. The highest BCUT2D eigenvalue weighted by molar-refractivity contribution is 5.96. The number of benzene rings is 2. The van der Waals surface area contributed by atoms with E-state index in [0.717, 1.165) is 5.56 Å². The zero-order chi connectivity index (χ0) is 19.4. The molecule has 8 heteroatoms. The number of nitrogens with zero attached hydrogens (tertiary/aromatic N) is 1. The zero-order valence-electron chi connectivity index (χ0n) is 14.8. The second kappa shape index (κ2) is 7.77. The molecule has 2 aromatic carbocycles. The van der Waals surface area contributed by atoms with E-state index in [1.807, 2.05) is 6.92 Å². The number of hydrogen-bond donors (Lipinski definition) is 3. The highest BCUT2D eigenvalue weighted by Crippen LogP contribution is 2.20. The summed E-state index contributed by atoms with van der Waals surface area (Å²) in [5, 5.41) is 5.40. The molecule has 0 aromatic heterocycles. The van der Waals surface area contributed by atoms with E-state index < -0.39 is 6.03 Å². The smallest absolute Gasteiger partial charge is 0.414 e. The fraction of sp³-hybridized carbons (Fsp3) is 0.211. The van der Waals surface area contributed by atoms with Gasteiger partial charge in [0.05, 0.1) is 12.6 Å². The van der Waals surface area contributed by atoms with E-state index >= 15 is 0 Å². The van der Waals surface area contributed by atoms with Crippen LogP contribution in [-0.2, 0) is 4.74 Å². The van der Waals surface area contributed by atoms with Gasteiger partial charge in [0.1, 0.15) is 6.61 Å². The van der Waals surface area contributed by atoms with Crippen molar-refractivity contribution < 1.29 is 19.1 Å². The Morgan fingerprint density at radius 3 is 2.33 bits per heavy atom. The normalized spacial score (nSPS) is 14.4. The topological polar surface area (TPSA) is 114 Å². The Labute approximate surface area is 156 Å². The Bertz CT molecular complexity index is 849. The van der Waals surface area contributed by atoms with Crippen molar-refractivity contribution in [2.45, 2.75) is 13.0 Å². The number of urea groups is 1. The summed E-state index contributed by atoms with van der Waals surface area (Å²) in [4.78, 5) is 36.4. The number of primary amides is 1. The third-order valence-corrected chi connectivity index (χ3v) is 4.23. The summed E-state index contributed by atoms with van der Waals surface area (Å²) < 4.78 is 4.91. The number of amides is 4. The van der Waals surface area contributed by atoms with Gasteiger partial charge in [0.15, 0.2) is 0 Å². The number of ether oxygens (including phenoxy) is 1. The molecule has 3 rings (SSSR count). The van der Waals surface area contributed by atoms with E-state index in [2.05, 4.69) is 10.6 Å². The third kappa shape index (κ3) is 4.35. The molecular formula is C19H20N4O4. The maximum Gasteiger partial charge on any atom is 0.414 e. The molecule has 2 aromatic rings. The van der Waals surface area contributed by atoms with Gasteiger partial charge in [-0.05, 0) is 48.9 Å². The molecule has 0 aliphatic carbocycles. The van der Waals surface area contributed by atoms with E-state index in [-0.39, 0.29) is 18.0 Å². The molecule has 0 radical (unpaired) electrons. The van der Waals surface area contributed by atoms with Gasteiger partial charge in [0.25, 0.3) is 5.91 Å². The van der Waals surface area contributed by atoms with Crippen LogP contribution in [0.3, 0.4) is 0 Å². The second-order valence-electron chi connectivity index (χ2n) is 6.12. The van der Waals surface area contributed by atoms with Gasteiger partial charge in [0.2, 0.25) is 0 Å². The van der Waals surface area contributed by atoms with E-state index in [0.29, 0.717) is 30.1 Å². The van der Waals surface area contributed by atoms with Crippen LogP contribution in [0, 0.1) is 0 Å². The Morgan fingerprint density at radius 2 is 1.78 bits per heavy atom. The molecule has 27 heavy (non-hydrogen) atoms. The molecule has 1 fully saturated rings. The second-order valence-corrected chi connectivity index (χ2v) is 6.12. The Morgan fingerprint density at radius 1 is 1.11 bits per heavy atom. The van der Waals surface area contributed by atoms with Gasteiger partial charge in [-0.3, -0.25) is 9.69 Å². The number of hydrogen-bond acceptors (Lipinski definition) is 4. The Balaban J connectivity index is 1.62. The van der Waals surface area contributed by atoms with Gasteiger partial charge >= 0.3 is 12.1 Å². The van der Waals surface area contributed by atoms with Crippen LogP contribution in [0.25, 0.3) is 0 Å². The van der Waals surface area contributed by atoms with Crippen molar-refractivity contribution in [2.75, 3.05) is 23.4 Å². The molecule has 1 atom stereocenters. The van der Waals surface area contributed by atoms with Crippen LogP contribution < -0.4 is 21.3 Å². The summed E-state index contributed by atoms with van der Waals surface area (Å²) in [6, 6.07) is 13.0. The first-order valence-electron chi connectivity index (χ1n) is 8.45. The standard InChI is InChI=1S/C19H20N4O4/c1-12(13-2-6-15(7-3-13)22-18(20)25)21-17(24)14-4-8-16(9-5-14)23-10-11-27-19(23)26/h2-9,12H,10-11H2,1H3,(H,21,24)(H3,20,22,25). The molecular weight excluding hydrogens is 348 g/mol. The molecule has 0 saturated carbocycles. The zero-order valence-corrected chi connectivity index (χ0v) is 14.8. The molecule has 1 heterocycles. The van der Waals surface area contributed by atoms with Crippen molar-refractivity contribution in [3.63, 3.8) is 0 Å². The monoisotopic (exact) mass is 368 g/mol. The van der Waals surface area contributed by atoms with Crippen molar-refractivity contribution in [1.29, 1.82) is 0 Å². The molecule has 4 N–H and O–H groups in total. The van der Waals surface area contributed by atoms with E-state index in [9.17, 15) is 14.4 Å². The minimum atomic E-state index is -0.630. The van der Waals surface area contributed by atoms with Gasteiger partial charge in [0, 0.05) is 16.9 Å². The van der Waals surface area contributed by atoms with E-state index in [4.69, 9.17) is 10.5 Å². The number of carbonyl (C=O) groups excluding carboxylic acids is 3. The summed E-state index contributed by atoms with van der Waals surface area (Å²) in [6.07, 6.45) is -0.380. The van der Waals surface area contributed by atoms with Crippen LogP contribution in [0.2, 0.25) is 0 Å². The average molecular weight is 368 g/mol. The number of rotatable bonds is 5. The molecule has 1 saturated heterocycles. The van der Waals surface area contributed by atoms with Crippen molar-refractivity contribution in [3.05, 3.63) is 59.7 Å². The summed E-state index contributed by atoms with van der Waals surface area (Å²) in [7, 11) is 0.